The van der Waals surface area contributed by atoms with E-state index in [0.29, 0.717) is 10.9 Å². The highest BCUT2D eigenvalue weighted by atomic mass is 19.1. The van der Waals surface area contributed by atoms with Gasteiger partial charge in [0.15, 0.2) is 5.78 Å². The van der Waals surface area contributed by atoms with Crippen molar-refractivity contribution in [2.45, 2.75) is 12.0 Å². The van der Waals surface area contributed by atoms with Gasteiger partial charge in [-0.05, 0) is 35.9 Å². The molecule has 1 aliphatic heterocycles. The quantitative estimate of drug-likeness (QED) is 0.505. The van der Waals surface area contributed by atoms with Crippen molar-refractivity contribution >= 4 is 34.2 Å². The van der Waals surface area contributed by atoms with Gasteiger partial charge < -0.3 is 20.5 Å². The number of nitrogens with one attached hydrogen (secondary N) is 2. The summed E-state index contributed by atoms with van der Waals surface area (Å²) in [5.41, 5.74) is 0.959. The van der Waals surface area contributed by atoms with Crippen LogP contribution < -0.4 is 5.32 Å². The number of aromatic nitrogens is 1. The maximum absolute atomic E-state index is 13.3. The topological polar surface area (TPSA) is 119 Å². The van der Waals surface area contributed by atoms with Crippen LogP contribution in [0.2, 0.25) is 0 Å². The molecule has 0 amide bonds. The lowest BCUT2D eigenvalue weighted by atomic mass is 9.83. The number of aliphatic carboxylic acids is 2. The Labute approximate surface area is 163 Å². The van der Waals surface area contributed by atoms with E-state index in [1.54, 1.807) is 24.3 Å². The molecular weight excluding hydrogens is 379 g/mol. The van der Waals surface area contributed by atoms with Crippen molar-refractivity contribution in [2.24, 2.45) is 0 Å². The third kappa shape index (κ3) is 3.04. The summed E-state index contributed by atoms with van der Waals surface area (Å²) >= 11 is 0. The molecule has 0 saturated carbocycles. The monoisotopic (exact) mass is 394 g/mol. The summed E-state index contributed by atoms with van der Waals surface area (Å²) < 4.78 is 13.3. The number of rotatable bonds is 4. The van der Waals surface area contributed by atoms with Crippen molar-refractivity contribution in [1.29, 1.82) is 0 Å². The minimum Gasteiger partial charge on any atom is -0.480 e. The second kappa shape index (κ2) is 6.90. The van der Waals surface area contributed by atoms with Gasteiger partial charge in [-0.25, -0.2) is 14.0 Å². The van der Waals surface area contributed by atoms with Gasteiger partial charge in [-0.2, -0.15) is 0 Å². The molecule has 2 unspecified atom stereocenters. The smallest absolute Gasteiger partial charge is 0.339 e. The molecule has 1 aromatic heterocycles. The van der Waals surface area contributed by atoms with Crippen molar-refractivity contribution in [3.05, 3.63) is 77.4 Å². The molecule has 2 aromatic carbocycles. The van der Waals surface area contributed by atoms with Gasteiger partial charge in [0, 0.05) is 22.7 Å². The second-order valence-corrected chi connectivity index (χ2v) is 6.65. The van der Waals surface area contributed by atoms with Crippen LogP contribution in [0.4, 0.5) is 4.39 Å². The molecule has 4 rings (SSSR count). The van der Waals surface area contributed by atoms with Crippen molar-refractivity contribution in [3.8, 4) is 0 Å². The lowest BCUT2D eigenvalue weighted by molar-refractivity contribution is -0.139. The normalized spacial score (nSPS) is 18.3. The minimum absolute atomic E-state index is 0.124. The van der Waals surface area contributed by atoms with Gasteiger partial charge in [-0.15, -0.1) is 0 Å². The number of carbonyl (C=O) groups is 3. The Hall–Kier alpha value is -3.94. The van der Waals surface area contributed by atoms with Gasteiger partial charge in [0.1, 0.15) is 11.9 Å². The van der Waals surface area contributed by atoms with Crippen LogP contribution in [-0.4, -0.2) is 39.0 Å². The molecule has 0 fully saturated rings. The zero-order valence-corrected chi connectivity index (χ0v) is 14.8. The molecule has 0 saturated heterocycles. The van der Waals surface area contributed by atoms with Gasteiger partial charge in [0.05, 0.1) is 17.2 Å². The van der Waals surface area contributed by atoms with Crippen LogP contribution in [0.25, 0.3) is 16.5 Å². The number of hydrogen-bond donors (Lipinski definition) is 4. The van der Waals surface area contributed by atoms with Gasteiger partial charge in [-0.3, -0.25) is 4.79 Å². The summed E-state index contributed by atoms with van der Waals surface area (Å²) in [5, 5.41) is 22.5. The number of para-hydroxylation sites is 1. The van der Waals surface area contributed by atoms with Crippen LogP contribution >= 0.6 is 0 Å². The fourth-order valence-corrected chi connectivity index (χ4v) is 3.67. The number of halogens is 1. The van der Waals surface area contributed by atoms with E-state index in [9.17, 15) is 29.0 Å². The largest absolute Gasteiger partial charge is 0.480 e. The first-order valence-electron chi connectivity index (χ1n) is 8.71. The summed E-state index contributed by atoms with van der Waals surface area (Å²) in [6.07, 6.45) is 1.09. The average molecular weight is 394 g/mol. The molecule has 0 radical (unpaired) electrons. The third-order valence-corrected chi connectivity index (χ3v) is 4.97. The Kier molecular flexibility index (Phi) is 4.38. The Morgan fingerprint density at radius 1 is 0.966 bits per heavy atom. The molecule has 0 bridgehead atoms. The highest BCUT2D eigenvalue weighted by Crippen LogP contribution is 2.38. The molecular formula is C21H15FN2O5. The van der Waals surface area contributed by atoms with Gasteiger partial charge >= 0.3 is 11.9 Å². The SMILES string of the molecule is O=C(O)C1=CNC(C(=O)O)C(C(=O)c2ccc(F)cc2)c2c1[nH]c1ccccc21. The lowest BCUT2D eigenvalue weighted by Crippen LogP contribution is -2.41. The third-order valence-electron chi connectivity index (χ3n) is 4.97. The minimum atomic E-state index is -1.41. The number of Topliss-reactive ketones (excluding diaryl/α,β-unsaturated/α-hetero) is 1. The number of hydrogen-bond acceptors (Lipinski definition) is 4. The zero-order valence-electron chi connectivity index (χ0n) is 14.8. The standard InChI is InChI=1S/C21H15FN2O5/c22-11-7-5-10(6-8-11)19(25)16-15-12-3-1-2-4-14(12)24-17(15)13(20(26)27)9-23-18(16)21(28)29/h1-9,16,18,23-24H,(H,26,27)(H,28,29). The molecule has 2 atom stereocenters. The summed E-state index contributed by atoms with van der Waals surface area (Å²) in [4.78, 5) is 40.1. The number of carboxylic acid groups (broad SMARTS) is 2. The van der Waals surface area contributed by atoms with E-state index in [1.165, 1.54) is 12.1 Å². The van der Waals surface area contributed by atoms with E-state index in [-0.39, 0.29) is 22.4 Å². The van der Waals surface area contributed by atoms with Crippen LogP contribution in [0.5, 0.6) is 0 Å². The molecule has 3 aromatic rings. The molecule has 4 N–H and O–H groups in total. The number of benzene rings is 2. The summed E-state index contributed by atoms with van der Waals surface area (Å²) in [7, 11) is 0. The molecule has 29 heavy (non-hydrogen) atoms. The number of ketones is 1. The Balaban J connectivity index is 2.00. The number of carboxylic acids is 2. The molecule has 146 valence electrons. The molecule has 8 heteroatoms. The molecule has 2 heterocycles. The van der Waals surface area contributed by atoms with Crippen LogP contribution in [0.15, 0.2) is 54.7 Å². The van der Waals surface area contributed by atoms with E-state index in [2.05, 4.69) is 10.3 Å². The van der Waals surface area contributed by atoms with E-state index in [4.69, 9.17) is 0 Å². The van der Waals surface area contributed by atoms with E-state index >= 15 is 0 Å². The van der Waals surface area contributed by atoms with Crippen molar-refractivity contribution < 1.29 is 29.0 Å². The summed E-state index contributed by atoms with van der Waals surface area (Å²) in [6.45, 7) is 0. The lowest BCUT2D eigenvalue weighted by Gasteiger charge is -2.22. The Morgan fingerprint density at radius 2 is 1.66 bits per heavy atom. The van der Waals surface area contributed by atoms with E-state index in [0.717, 1.165) is 18.3 Å². The summed E-state index contributed by atoms with van der Waals surface area (Å²) in [6, 6.07) is 10.2. The van der Waals surface area contributed by atoms with Crippen LogP contribution in [-0.2, 0) is 9.59 Å². The van der Waals surface area contributed by atoms with Gasteiger partial charge in [0.2, 0.25) is 0 Å². The number of aromatic amines is 1. The molecule has 1 aliphatic rings. The molecule has 0 aliphatic carbocycles. The Morgan fingerprint density at radius 3 is 2.31 bits per heavy atom. The maximum Gasteiger partial charge on any atom is 0.339 e. The first-order valence-corrected chi connectivity index (χ1v) is 8.71. The highest BCUT2D eigenvalue weighted by Gasteiger charge is 2.41. The predicted octanol–water partition coefficient (Wildman–Crippen LogP) is 2.76. The summed E-state index contributed by atoms with van der Waals surface area (Å²) in [5.74, 6) is -4.92. The number of H-pyrrole nitrogens is 1. The number of fused-ring (bicyclic) bond motifs is 3. The fourth-order valence-electron chi connectivity index (χ4n) is 3.67. The highest BCUT2D eigenvalue weighted by molar-refractivity contribution is 6.18. The zero-order chi connectivity index (χ0) is 20.7. The number of carbonyl (C=O) groups excluding carboxylic acids is 1. The van der Waals surface area contributed by atoms with Gasteiger partial charge in [-0.1, -0.05) is 18.2 Å². The van der Waals surface area contributed by atoms with E-state index in [1.807, 2.05) is 0 Å². The van der Waals surface area contributed by atoms with Crippen LogP contribution in [0.1, 0.15) is 27.5 Å². The van der Waals surface area contributed by atoms with Crippen LogP contribution in [0, 0.1) is 5.82 Å². The van der Waals surface area contributed by atoms with E-state index < -0.39 is 35.5 Å². The fraction of sp³-hybridized carbons (Fsp3) is 0.0952. The first kappa shape index (κ1) is 18.4. The molecule has 7 nitrogen and oxygen atoms in total. The average Bonchev–Trinajstić information content (AvgIpc) is 2.96. The maximum atomic E-state index is 13.3. The van der Waals surface area contributed by atoms with Gasteiger partial charge in [0.25, 0.3) is 0 Å². The van der Waals surface area contributed by atoms with Crippen molar-refractivity contribution in [2.75, 3.05) is 0 Å². The first-order chi connectivity index (χ1) is 13.9. The van der Waals surface area contributed by atoms with Crippen molar-refractivity contribution in [3.63, 3.8) is 0 Å². The predicted molar refractivity (Wildman–Crippen MR) is 102 cm³/mol. The second-order valence-electron chi connectivity index (χ2n) is 6.65. The van der Waals surface area contributed by atoms with Crippen LogP contribution in [0.3, 0.4) is 0 Å². The molecule has 0 spiro atoms. The Bertz CT molecular complexity index is 1180. The van der Waals surface area contributed by atoms with Crippen molar-refractivity contribution in [1.82, 2.24) is 10.3 Å².